The first kappa shape index (κ1) is 21.8. The van der Waals surface area contributed by atoms with E-state index in [4.69, 9.17) is 20.9 Å². The second-order valence-electron chi connectivity index (χ2n) is 5.84. The maximum Gasteiger partial charge on any atom is 0.254 e. The van der Waals surface area contributed by atoms with Crippen LogP contribution in [0, 0.1) is 11.6 Å². The molecule has 0 aliphatic carbocycles. The fraction of sp³-hybridized carbons (Fsp3) is 0.211. The summed E-state index contributed by atoms with van der Waals surface area (Å²) in [4.78, 5) is 12.6. The molecule has 0 aliphatic heterocycles. The van der Waals surface area contributed by atoms with Crippen molar-refractivity contribution in [1.82, 2.24) is 5.32 Å². The Hall–Kier alpha value is -3.53. The van der Waals surface area contributed by atoms with Crippen LogP contribution in [0.2, 0.25) is 0 Å². The van der Waals surface area contributed by atoms with E-state index >= 15 is 0 Å². The molecular formula is C19H20F2N4O4. The molecule has 29 heavy (non-hydrogen) atoms. The number of amides is 1. The number of nitrogens with zero attached hydrogens (tertiary/aromatic N) is 2. The van der Waals surface area contributed by atoms with Crippen molar-refractivity contribution in [1.29, 1.82) is 0 Å². The number of nitrogens with two attached hydrogens (primary N) is 1. The van der Waals surface area contributed by atoms with Crippen molar-refractivity contribution in [3.05, 3.63) is 70.3 Å². The average Bonchev–Trinajstić information content (AvgIpc) is 2.73. The van der Waals surface area contributed by atoms with Crippen molar-refractivity contribution >= 4 is 18.0 Å². The lowest BCUT2D eigenvalue weighted by atomic mass is 10.0. The van der Waals surface area contributed by atoms with Crippen LogP contribution in [0.15, 0.2) is 46.7 Å². The summed E-state index contributed by atoms with van der Waals surface area (Å²) in [6, 6.07) is 8.51. The van der Waals surface area contributed by atoms with Crippen molar-refractivity contribution < 1.29 is 28.7 Å². The zero-order chi connectivity index (χ0) is 21.4. The van der Waals surface area contributed by atoms with E-state index in [0.29, 0.717) is 11.1 Å². The Morgan fingerprint density at radius 2 is 1.93 bits per heavy atom. The highest BCUT2D eigenvalue weighted by atomic mass is 19.1. The molecular weight excluding hydrogens is 386 g/mol. The molecule has 0 heterocycles. The van der Waals surface area contributed by atoms with Crippen LogP contribution in [0.3, 0.4) is 0 Å². The maximum absolute atomic E-state index is 14.6. The lowest BCUT2D eigenvalue weighted by Crippen LogP contribution is -2.32. The summed E-state index contributed by atoms with van der Waals surface area (Å²) in [5.74, 6) is -2.83. The molecule has 0 aromatic heterocycles. The Labute approximate surface area is 165 Å². The summed E-state index contributed by atoms with van der Waals surface area (Å²) in [5, 5.41) is 25.4. The predicted molar refractivity (Wildman–Crippen MR) is 101 cm³/mol. The Balaban J connectivity index is 2.21. The molecule has 5 N–H and O–H groups in total. The van der Waals surface area contributed by atoms with Gasteiger partial charge in [-0.25, -0.2) is 8.78 Å². The molecule has 1 unspecified atom stereocenters. The molecule has 0 spiro atoms. The van der Waals surface area contributed by atoms with Gasteiger partial charge < -0.3 is 26.2 Å². The van der Waals surface area contributed by atoms with Gasteiger partial charge in [0, 0.05) is 24.3 Å². The van der Waals surface area contributed by atoms with E-state index in [1.165, 1.54) is 0 Å². The number of benzene rings is 2. The number of amidine groups is 1. The number of nitrogens with one attached hydrogen (secondary N) is 1. The second-order valence-corrected chi connectivity index (χ2v) is 5.84. The molecule has 2 rings (SSSR count). The Bertz CT molecular complexity index is 917. The number of carbonyl (C=O) groups is 1. The first-order valence-corrected chi connectivity index (χ1v) is 8.54. The summed E-state index contributed by atoms with van der Waals surface area (Å²) in [6.45, 7) is 1.67. The van der Waals surface area contributed by atoms with Gasteiger partial charge in [0.2, 0.25) is 0 Å². The Morgan fingerprint density at radius 1 is 1.24 bits per heavy atom. The number of hydrogen-bond donors (Lipinski definition) is 4. The van der Waals surface area contributed by atoms with Crippen LogP contribution in [0.5, 0.6) is 0 Å². The number of oxime groups is 2. The van der Waals surface area contributed by atoms with E-state index in [2.05, 4.69) is 15.6 Å². The number of rotatable bonds is 8. The summed E-state index contributed by atoms with van der Waals surface area (Å²) in [5.41, 5.74) is 5.87. The van der Waals surface area contributed by atoms with Crippen LogP contribution >= 0.6 is 0 Å². The molecule has 2 aromatic rings. The Kier molecular flexibility index (Phi) is 7.61. The summed E-state index contributed by atoms with van der Waals surface area (Å²) in [7, 11) is 0. The van der Waals surface area contributed by atoms with Crippen LogP contribution in [-0.2, 0) is 16.1 Å². The summed E-state index contributed by atoms with van der Waals surface area (Å²) >= 11 is 0. The maximum atomic E-state index is 14.6. The second kappa shape index (κ2) is 10.1. The molecule has 8 nitrogen and oxygen atoms in total. The normalized spacial score (nSPS) is 12.9. The molecule has 10 heteroatoms. The van der Waals surface area contributed by atoms with Crippen molar-refractivity contribution in [2.75, 3.05) is 6.61 Å². The van der Waals surface area contributed by atoms with Gasteiger partial charge >= 0.3 is 0 Å². The molecule has 154 valence electrons. The minimum Gasteiger partial charge on any atom is -0.411 e. The summed E-state index contributed by atoms with van der Waals surface area (Å²) < 4.78 is 34.2. The van der Waals surface area contributed by atoms with Gasteiger partial charge in [-0.1, -0.05) is 34.6 Å². The zero-order valence-electron chi connectivity index (χ0n) is 15.5. The fourth-order valence-electron chi connectivity index (χ4n) is 2.58. The van der Waals surface area contributed by atoms with E-state index in [1.54, 1.807) is 31.2 Å². The molecule has 0 radical (unpaired) electrons. The molecule has 1 amide bonds. The smallest absolute Gasteiger partial charge is 0.254 e. The largest absolute Gasteiger partial charge is 0.411 e. The lowest BCUT2D eigenvalue weighted by molar-refractivity contribution is -0.133. The Morgan fingerprint density at radius 3 is 2.52 bits per heavy atom. The van der Waals surface area contributed by atoms with Crippen LogP contribution in [0.25, 0.3) is 0 Å². The van der Waals surface area contributed by atoms with E-state index < -0.39 is 29.2 Å². The summed E-state index contributed by atoms with van der Waals surface area (Å²) in [6.07, 6.45) is -0.745. The third-order valence-electron chi connectivity index (χ3n) is 4.01. The highest BCUT2D eigenvalue weighted by Gasteiger charge is 2.29. The molecule has 2 aromatic carbocycles. The SMILES string of the molecule is CCOC(C(=O)NCc1ccc(C(N)=NO)cc1)c1c(F)ccc(/C=N\O)c1F. The standard InChI is InChI=1S/C19H20F2N4O4/c1-2-29-17(15-14(20)8-7-13(10-24-27)16(15)21)19(26)23-9-11-3-5-12(6-4-11)18(22)25-28/h3-8,10,17,27-28H,2,9H2,1H3,(H2,22,25)(H,23,26)/b24-10-. The molecule has 0 bridgehead atoms. The highest BCUT2D eigenvalue weighted by Crippen LogP contribution is 2.26. The molecule has 0 saturated heterocycles. The molecule has 0 fully saturated rings. The monoisotopic (exact) mass is 406 g/mol. The van der Waals surface area contributed by atoms with Crippen LogP contribution in [0.1, 0.15) is 35.3 Å². The topological polar surface area (TPSA) is 130 Å². The van der Waals surface area contributed by atoms with Crippen LogP contribution < -0.4 is 11.1 Å². The van der Waals surface area contributed by atoms with Gasteiger partial charge in [0.15, 0.2) is 11.9 Å². The van der Waals surface area contributed by atoms with Crippen molar-refractivity contribution in [3.8, 4) is 0 Å². The van der Waals surface area contributed by atoms with Crippen molar-refractivity contribution in [2.24, 2.45) is 16.0 Å². The highest BCUT2D eigenvalue weighted by molar-refractivity contribution is 5.97. The number of hydrogen-bond acceptors (Lipinski definition) is 6. The van der Waals surface area contributed by atoms with Crippen LogP contribution in [0.4, 0.5) is 8.78 Å². The quantitative estimate of drug-likeness (QED) is 0.231. The first-order chi connectivity index (χ1) is 13.9. The number of halogens is 2. The van der Waals surface area contributed by atoms with Gasteiger partial charge in [-0.2, -0.15) is 0 Å². The van der Waals surface area contributed by atoms with Crippen molar-refractivity contribution in [3.63, 3.8) is 0 Å². The molecule has 0 saturated carbocycles. The third-order valence-corrected chi connectivity index (χ3v) is 4.01. The average molecular weight is 406 g/mol. The van der Waals surface area contributed by atoms with E-state index in [1.807, 2.05) is 0 Å². The van der Waals surface area contributed by atoms with Gasteiger partial charge in [-0.3, -0.25) is 4.79 Å². The van der Waals surface area contributed by atoms with E-state index in [0.717, 1.165) is 18.3 Å². The lowest BCUT2D eigenvalue weighted by Gasteiger charge is -2.19. The van der Waals surface area contributed by atoms with Gasteiger partial charge in [0.05, 0.1) is 11.8 Å². The fourth-order valence-corrected chi connectivity index (χ4v) is 2.58. The third kappa shape index (κ3) is 5.26. The first-order valence-electron chi connectivity index (χ1n) is 8.54. The van der Waals surface area contributed by atoms with Crippen LogP contribution in [-0.4, -0.2) is 35.0 Å². The minimum absolute atomic E-state index is 0.0315. The minimum atomic E-state index is -1.54. The van der Waals surface area contributed by atoms with Gasteiger partial charge in [-0.15, -0.1) is 0 Å². The van der Waals surface area contributed by atoms with E-state index in [-0.39, 0.29) is 24.6 Å². The molecule has 1 atom stereocenters. The van der Waals surface area contributed by atoms with Gasteiger partial charge in [0.25, 0.3) is 5.91 Å². The molecule has 0 aliphatic rings. The van der Waals surface area contributed by atoms with Gasteiger partial charge in [0.1, 0.15) is 11.6 Å². The number of ether oxygens (including phenoxy) is 1. The predicted octanol–water partition coefficient (Wildman–Crippen LogP) is 2.26. The van der Waals surface area contributed by atoms with Gasteiger partial charge in [-0.05, 0) is 24.6 Å². The zero-order valence-corrected chi connectivity index (χ0v) is 15.5. The number of carbonyl (C=O) groups excluding carboxylic acids is 1. The van der Waals surface area contributed by atoms with Crippen molar-refractivity contribution in [2.45, 2.75) is 19.6 Å². The van der Waals surface area contributed by atoms with E-state index in [9.17, 15) is 13.6 Å².